The molecule has 1 aliphatic rings. The van der Waals surface area contributed by atoms with E-state index in [0.29, 0.717) is 31.0 Å². The highest BCUT2D eigenvalue weighted by molar-refractivity contribution is 5.33. The van der Waals surface area contributed by atoms with Crippen molar-refractivity contribution in [2.75, 3.05) is 6.61 Å². The van der Waals surface area contributed by atoms with Gasteiger partial charge in [-0.25, -0.2) is 4.98 Å². The number of aryl methyl sites for hydroxylation is 1. The lowest BCUT2D eigenvalue weighted by molar-refractivity contribution is 0.108. The van der Waals surface area contributed by atoms with E-state index in [2.05, 4.69) is 15.1 Å². The molecule has 84 valence electrons. The molecule has 3 heterocycles. The molecule has 6 heteroatoms. The van der Waals surface area contributed by atoms with Crippen molar-refractivity contribution in [2.45, 2.75) is 26.4 Å². The van der Waals surface area contributed by atoms with E-state index < -0.39 is 0 Å². The van der Waals surface area contributed by atoms with Crippen molar-refractivity contribution in [3.63, 3.8) is 0 Å². The summed E-state index contributed by atoms with van der Waals surface area (Å²) in [6, 6.07) is 0. The van der Waals surface area contributed by atoms with Gasteiger partial charge in [-0.15, -0.1) is 0 Å². The third kappa shape index (κ3) is 1.26. The molecule has 0 atom stereocenters. The summed E-state index contributed by atoms with van der Waals surface area (Å²) >= 11 is 0. The summed E-state index contributed by atoms with van der Waals surface area (Å²) in [6.07, 6.45) is 1.44. The third-order valence-corrected chi connectivity index (χ3v) is 2.78. The van der Waals surface area contributed by atoms with Crippen LogP contribution < -0.4 is 5.56 Å². The molecule has 1 aliphatic heterocycles. The van der Waals surface area contributed by atoms with E-state index in [0.717, 1.165) is 17.9 Å². The minimum absolute atomic E-state index is 0.0908. The maximum atomic E-state index is 12.1. The molecule has 0 fully saturated rings. The highest BCUT2D eigenvalue weighted by atomic mass is 16.5. The lowest BCUT2D eigenvalue weighted by atomic mass is 10.1. The minimum Gasteiger partial charge on any atom is -0.376 e. The summed E-state index contributed by atoms with van der Waals surface area (Å²) in [7, 11) is 0. The second-order valence-corrected chi connectivity index (χ2v) is 3.80. The lowest BCUT2D eigenvalue weighted by Gasteiger charge is -2.13. The van der Waals surface area contributed by atoms with Crippen LogP contribution in [0.2, 0.25) is 0 Å². The Morgan fingerprint density at radius 1 is 1.50 bits per heavy atom. The van der Waals surface area contributed by atoms with Gasteiger partial charge in [-0.3, -0.25) is 9.89 Å². The fourth-order valence-electron chi connectivity index (χ4n) is 1.89. The van der Waals surface area contributed by atoms with Crippen molar-refractivity contribution in [1.29, 1.82) is 0 Å². The Bertz CT molecular complexity index is 599. The smallest absolute Gasteiger partial charge is 0.279 e. The molecule has 0 saturated heterocycles. The van der Waals surface area contributed by atoms with E-state index in [1.807, 2.05) is 6.92 Å². The van der Waals surface area contributed by atoms with Crippen molar-refractivity contribution < 1.29 is 4.74 Å². The van der Waals surface area contributed by atoms with Crippen LogP contribution in [0.4, 0.5) is 0 Å². The molecule has 1 N–H and O–H groups in total. The van der Waals surface area contributed by atoms with Crippen LogP contribution in [0.3, 0.4) is 0 Å². The van der Waals surface area contributed by atoms with Gasteiger partial charge >= 0.3 is 0 Å². The largest absolute Gasteiger partial charge is 0.376 e. The fraction of sp³-hybridized carbons (Fsp3) is 0.500. The highest BCUT2D eigenvalue weighted by Gasteiger charge is 2.18. The van der Waals surface area contributed by atoms with Crippen LogP contribution in [-0.2, 0) is 24.2 Å². The van der Waals surface area contributed by atoms with Crippen molar-refractivity contribution in [2.24, 2.45) is 0 Å². The number of H-pyrrole nitrogens is 1. The summed E-state index contributed by atoms with van der Waals surface area (Å²) in [4.78, 5) is 20.7. The topological polar surface area (TPSA) is 72.3 Å². The molecule has 0 amide bonds. The number of rotatable bonds is 1. The van der Waals surface area contributed by atoms with Gasteiger partial charge in [0, 0.05) is 12.8 Å². The first-order valence-corrected chi connectivity index (χ1v) is 5.36. The molecule has 0 unspecified atom stereocenters. The van der Waals surface area contributed by atoms with Crippen molar-refractivity contribution >= 4 is 5.78 Å². The van der Waals surface area contributed by atoms with Gasteiger partial charge in [0.1, 0.15) is 5.82 Å². The van der Waals surface area contributed by atoms with Crippen molar-refractivity contribution in [3.05, 3.63) is 27.4 Å². The molecule has 16 heavy (non-hydrogen) atoms. The van der Waals surface area contributed by atoms with Crippen LogP contribution in [0.1, 0.15) is 24.0 Å². The van der Waals surface area contributed by atoms with Gasteiger partial charge in [0.05, 0.1) is 24.5 Å². The molecular formula is C10H12N4O2. The van der Waals surface area contributed by atoms with Crippen LogP contribution in [0.25, 0.3) is 5.78 Å². The first-order valence-electron chi connectivity index (χ1n) is 5.36. The van der Waals surface area contributed by atoms with Gasteiger partial charge in [0.25, 0.3) is 11.3 Å². The zero-order valence-electron chi connectivity index (χ0n) is 8.99. The second-order valence-electron chi connectivity index (χ2n) is 3.80. The fourth-order valence-corrected chi connectivity index (χ4v) is 1.89. The van der Waals surface area contributed by atoms with Crippen LogP contribution in [0, 0.1) is 0 Å². The van der Waals surface area contributed by atoms with Crippen molar-refractivity contribution in [3.8, 4) is 0 Å². The molecular weight excluding hydrogens is 208 g/mol. The van der Waals surface area contributed by atoms with Crippen LogP contribution >= 0.6 is 0 Å². The standard InChI is InChI=1S/C10H12N4O2/c1-2-8-12-10-11-7-3-4-16-5-6(7)9(15)14(10)13-8/h2-5H2,1H3,(H,11,12,13). The van der Waals surface area contributed by atoms with Gasteiger partial charge in [-0.05, 0) is 0 Å². The Morgan fingerprint density at radius 3 is 3.19 bits per heavy atom. The quantitative estimate of drug-likeness (QED) is 0.737. The molecule has 6 nitrogen and oxygen atoms in total. The van der Waals surface area contributed by atoms with E-state index in [1.165, 1.54) is 4.52 Å². The zero-order chi connectivity index (χ0) is 11.1. The van der Waals surface area contributed by atoms with Gasteiger partial charge in [-0.2, -0.15) is 9.50 Å². The summed E-state index contributed by atoms with van der Waals surface area (Å²) < 4.78 is 6.67. The number of fused-ring (bicyclic) bond motifs is 2. The van der Waals surface area contributed by atoms with Crippen molar-refractivity contribution in [1.82, 2.24) is 19.6 Å². The summed E-state index contributed by atoms with van der Waals surface area (Å²) in [5.74, 6) is 1.23. The Kier molecular flexibility index (Phi) is 2.03. The number of nitrogens with one attached hydrogen (secondary N) is 1. The third-order valence-electron chi connectivity index (χ3n) is 2.78. The summed E-state index contributed by atoms with van der Waals surface area (Å²) in [5.41, 5.74) is 1.38. The van der Waals surface area contributed by atoms with Gasteiger partial charge < -0.3 is 4.74 Å². The predicted molar refractivity (Wildman–Crippen MR) is 56.3 cm³/mol. The average Bonchev–Trinajstić information content (AvgIpc) is 2.73. The maximum absolute atomic E-state index is 12.1. The minimum atomic E-state index is -0.0908. The Hall–Kier alpha value is -1.69. The molecule has 3 rings (SSSR count). The van der Waals surface area contributed by atoms with E-state index in [-0.39, 0.29) is 5.56 Å². The Balaban J connectivity index is 2.32. The highest BCUT2D eigenvalue weighted by Crippen LogP contribution is 2.11. The van der Waals surface area contributed by atoms with E-state index in [1.54, 1.807) is 0 Å². The summed E-state index contributed by atoms with van der Waals surface area (Å²) in [6.45, 7) is 2.96. The molecule has 0 spiro atoms. The SMILES string of the molecule is CCc1nc2nc3c(c(=O)n2[nH]1)COCC3. The predicted octanol–water partition coefficient (Wildman–Crippen LogP) is 0.0527. The number of hydrogen-bond donors (Lipinski definition) is 1. The molecule has 0 radical (unpaired) electrons. The summed E-state index contributed by atoms with van der Waals surface area (Å²) in [5, 5.41) is 2.94. The molecule has 0 aliphatic carbocycles. The monoisotopic (exact) mass is 220 g/mol. The second kappa shape index (κ2) is 3.41. The zero-order valence-corrected chi connectivity index (χ0v) is 8.99. The normalized spacial score (nSPS) is 15.3. The first kappa shape index (κ1) is 9.53. The number of ether oxygens (including phenoxy) is 1. The Labute approximate surface area is 91.3 Å². The molecule has 0 bridgehead atoms. The van der Waals surface area contributed by atoms with Gasteiger partial charge in [0.2, 0.25) is 0 Å². The Morgan fingerprint density at radius 2 is 2.38 bits per heavy atom. The lowest BCUT2D eigenvalue weighted by Crippen LogP contribution is -2.27. The number of hydrogen-bond acceptors (Lipinski definition) is 4. The van der Waals surface area contributed by atoms with E-state index in [4.69, 9.17) is 4.74 Å². The number of aromatic amines is 1. The number of aromatic nitrogens is 4. The maximum Gasteiger partial charge on any atom is 0.279 e. The van der Waals surface area contributed by atoms with Gasteiger partial charge in [0.15, 0.2) is 0 Å². The molecule has 0 aromatic carbocycles. The average molecular weight is 220 g/mol. The van der Waals surface area contributed by atoms with Crippen LogP contribution in [0.15, 0.2) is 4.79 Å². The number of nitrogens with zero attached hydrogens (tertiary/aromatic N) is 3. The van der Waals surface area contributed by atoms with Crippen LogP contribution in [0.5, 0.6) is 0 Å². The van der Waals surface area contributed by atoms with E-state index >= 15 is 0 Å². The van der Waals surface area contributed by atoms with Crippen LogP contribution in [-0.4, -0.2) is 26.2 Å². The van der Waals surface area contributed by atoms with Gasteiger partial charge in [-0.1, -0.05) is 6.92 Å². The molecule has 2 aromatic heterocycles. The molecule has 2 aromatic rings. The first-order chi connectivity index (χ1) is 7.79. The van der Waals surface area contributed by atoms with E-state index in [9.17, 15) is 4.79 Å². The molecule has 0 saturated carbocycles.